The molecule has 0 saturated heterocycles. The average molecular weight is 319 g/mol. The third-order valence-corrected chi connectivity index (χ3v) is 6.22. The van der Waals surface area contributed by atoms with Crippen molar-refractivity contribution < 1.29 is 8.42 Å². The molecule has 17 heavy (non-hydrogen) atoms. The van der Waals surface area contributed by atoms with Gasteiger partial charge in [0.05, 0.1) is 10.1 Å². The minimum Gasteiger partial charge on any atom is -0.229 e. The number of benzene rings is 1. The molecule has 2 unspecified atom stereocenters. The predicted molar refractivity (Wildman–Crippen MR) is 76.4 cm³/mol. The van der Waals surface area contributed by atoms with Gasteiger partial charge in [-0.05, 0) is 24.5 Å². The van der Waals surface area contributed by atoms with E-state index in [-0.39, 0.29) is 4.83 Å². The summed E-state index contributed by atoms with van der Waals surface area (Å²) in [6, 6.07) is 8.16. The van der Waals surface area contributed by atoms with Crippen molar-refractivity contribution in [1.29, 1.82) is 0 Å². The van der Waals surface area contributed by atoms with Crippen LogP contribution in [-0.4, -0.2) is 19.9 Å². The molecule has 0 radical (unpaired) electrons. The predicted octanol–water partition coefficient (Wildman–Crippen LogP) is 3.51. The highest BCUT2D eigenvalue weighted by molar-refractivity contribution is 9.09. The van der Waals surface area contributed by atoms with Crippen molar-refractivity contribution in [2.24, 2.45) is 0 Å². The molecule has 0 N–H and O–H groups in total. The van der Waals surface area contributed by atoms with Crippen molar-refractivity contribution in [3.05, 3.63) is 35.4 Å². The number of sulfone groups is 1. The molecular weight excluding hydrogens is 300 g/mol. The highest BCUT2D eigenvalue weighted by Gasteiger charge is 2.24. The quantitative estimate of drug-likeness (QED) is 0.778. The second-order valence-corrected chi connectivity index (χ2v) is 7.82. The Morgan fingerprint density at radius 1 is 1.24 bits per heavy atom. The summed E-state index contributed by atoms with van der Waals surface area (Å²) in [5.41, 5.74) is 2.31. The maximum Gasteiger partial charge on any atom is 0.151 e. The summed E-state index contributed by atoms with van der Waals surface area (Å²) >= 11 is 3.47. The molecule has 2 atom stereocenters. The van der Waals surface area contributed by atoms with Gasteiger partial charge in [-0.1, -0.05) is 53.5 Å². The van der Waals surface area contributed by atoms with Crippen LogP contribution in [0.3, 0.4) is 0 Å². The van der Waals surface area contributed by atoms with Crippen LogP contribution in [0.4, 0.5) is 0 Å². The summed E-state index contributed by atoms with van der Waals surface area (Å²) in [6.45, 7) is 3.88. The van der Waals surface area contributed by atoms with E-state index in [1.54, 1.807) is 6.92 Å². The van der Waals surface area contributed by atoms with E-state index in [1.807, 2.05) is 12.1 Å². The molecule has 0 amide bonds. The molecule has 0 heterocycles. The van der Waals surface area contributed by atoms with Gasteiger partial charge < -0.3 is 0 Å². The molecule has 0 aromatic heterocycles. The first-order valence-corrected chi connectivity index (χ1v) is 8.65. The molecule has 0 aliphatic carbocycles. The van der Waals surface area contributed by atoms with Gasteiger partial charge in [0.25, 0.3) is 0 Å². The van der Waals surface area contributed by atoms with Crippen LogP contribution in [0.5, 0.6) is 0 Å². The minimum atomic E-state index is -3.02. The van der Waals surface area contributed by atoms with Crippen LogP contribution in [0, 0.1) is 0 Å². The topological polar surface area (TPSA) is 34.1 Å². The number of rotatable bonds is 5. The Labute approximate surface area is 112 Å². The number of aryl methyl sites for hydroxylation is 1. The molecule has 0 aliphatic rings. The van der Waals surface area contributed by atoms with Crippen LogP contribution in [0.15, 0.2) is 24.3 Å². The Morgan fingerprint density at radius 3 is 2.18 bits per heavy atom. The molecule has 1 rings (SSSR count). The van der Waals surface area contributed by atoms with Gasteiger partial charge in [0, 0.05) is 6.26 Å². The lowest BCUT2D eigenvalue weighted by atomic mass is 10.1. The van der Waals surface area contributed by atoms with E-state index in [2.05, 4.69) is 35.0 Å². The number of halogens is 1. The van der Waals surface area contributed by atoms with Crippen LogP contribution < -0.4 is 0 Å². The van der Waals surface area contributed by atoms with Gasteiger partial charge in [0.2, 0.25) is 0 Å². The molecule has 0 saturated carbocycles. The lowest BCUT2D eigenvalue weighted by Gasteiger charge is -2.17. The number of hydrogen-bond donors (Lipinski definition) is 0. The molecule has 0 aliphatic heterocycles. The van der Waals surface area contributed by atoms with Crippen LogP contribution in [0.2, 0.25) is 0 Å². The highest BCUT2D eigenvalue weighted by atomic mass is 79.9. The van der Waals surface area contributed by atoms with Crippen LogP contribution in [-0.2, 0) is 16.3 Å². The van der Waals surface area contributed by atoms with E-state index >= 15 is 0 Å². The third kappa shape index (κ3) is 4.11. The Hall–Kier alpha value is -0.350. The first-order chi connectivity index (χ1) is 7.86. The molecular formula is C13H19BrO2S. The molecule has 96 valence electrons. The zero-order valence-corrected chi connectivity index (χ0v) is 12.9. The summed E-state index contributed by atoms with van der Waals surface area (Å²) in [5.74, 6) is 0. The standard InChI is InChI=1S/C13H19BrO2S/c1-4-5-11-6-8-12(9-7-11)13(14)10(2)17(3,15)16/h6-10,13H,4-5H2,1-3H3. The van der Waals surface area contributed by atoms with Gasteiger partial charge in [0.15, 0.2) is 9.84 Å². The molecule has 1 aromatic rings. The highest BCUT2D eigenvalue weighted by Crippen LogP contribution is 2.30. The minimum absolute atomic E-state index is 0.145. The second-order valence-electron chi connectivity index (χ2n) is 4.43. The Balaban J connectivity index is 2.86. The first kappa shape index (κ1) is 14.7. The zero-order valence-electron chi connectivity index (χ0n) is 10.5. The summed E-state index contributed by atoms with van der Waals surface area (Å²) in [6.07, 6.45) is 3.46. The smallest absolute Gasteiger partial charge is 0.151 e. The van der Waals surface area contributed by atoms with Gasteiger partial charge in [-0.2, -0.15) is 0 Å². The first-order valence-electron chi connectivity index (χ1n) is 5.78. The largest absolute Gasteiger partial charge is 0.229 e. The van der Waals surface area contributed by atoms with E-state index < -0.39 is 15.1 Å². The molecule has 1 aromatic carbocycles. The van der Waals surface area contributed by atoms with Gasteiger partial charge in [0.1, 0.15) is 0 Å². The van der Waals surface area contributed by atoms with E-state index in [9.17, 15) is 8.42 Å². The molecule has 0 spiro atoms. The van der Waals surface area contributed by atoms with Gasteiger partial charge in [-0.25, -0.2) is 8.42 Å². The zero-order chi connectivity index (χ0) is 13.1. The van der Waals surface area contributed by atoms with Crippen molar-refractivity contribution >= 4 is 25.8 Å². The summed E-state index contributed by atoms with van der Waals surface area (Å²) in [4.78, 5) is -0.145. The number of alkyl halides is 1. The second kappa shape index (κ2) is 6.01. The van der Waals surface area contributed by atoms with Crippen molar-refractivity contribution in [2.45, 2.75) is 36.8 Å². The molecule has 4 heteroatoms. The van der Waals surface area contributed by atoms with Crippen molar-refractivity contribution in [3.8, 4) is 0 Å². The molecule has 0 fully saturated rings. The Kier molecular flexibility index (Phi) is 5.20. The normalized spacial score (nSPS) is 15.5. The Morgan fingerprint density at radius 2 is 1.76 bits per heavy atom. The van der Waals surface area contributed by atoms with Gasteiger partial charge in [-0.15, -0.1) is 0 Å². The summed E-state index contributed by atoms with van der Waals surface area (Å²) < 4.78 is 23.0. The third-order valence-electron chi connectivity index (χ3n) is 2.92. The lowest BCUT2D eigenvalue weighted by molar-refractivity contribution is 0.588. The lowest BCUT2D eigenvalue weighted by Crippen LogP contribution is -2.20. The molecule has 0 bridgehead atoms. The summed E-state index contributed by atoms with van der Waals surface area (Å²) in [7, 11) is -3.02. The van der Waals surface area contributed by atoms with E-state index in [1.165, 1.54) is 11.8 Å². The van der Waals surface area contributed by atoms with Crippen molar-refractivity contribution in [2.75, 3.05) is 6.26 Å². The van der Waals surface area contributed by atoms with Crippen molar-refractivity contribution in [3.63, 3.8) is 0 Å². The van der Waals surface area contributed by atoms with E-state index in [4.69, 9.17) is 0 Å². The number of hydrogen-bond acceptors (Lipinski definition) is 2. The average Bonchev–Trinajstić information content (AvgIpc) is 2.27. The van der Waals surface area contributed by atoms with Crippen LogP contribution in [0.25, 0.3) is 0 Å². The van der Waals surface area contributed by atoms with Crippen molar-refractivity contribution in [1.82, 2.24) is 0 Å². The van der Waals surface area contributed by atoms with Gasteiger partial charge >= 0.3 is 0 Å². The maximum atomic E-state index is 11.5. The fourth-order valence-electron chi connectivity index (χ4n) is 1.64. The van der Waals surface area contributed by atoms with Gasteiger partial charge in [-0.3, -0.25) is 0 Å². The Bertz CT molecular complexity index is 451. The van der Waals surface area contributed by atoms with Crippen LogP contribution >= 0.6 is 15.9 Å². The molecule has 2 nitrogen and oxygen atoms in total. The SMILES string of the molecule is CCCc1ccc(C(Br)C(C)S(C)(=O)=O)cc1. The fraction of sp³-hybridized carbons (Fsp3) is 0.538. The monoisotopic (exact) mass is 318 g/mol. The fourth-order valence-corrected chi connectivity index (χ4v) is 3.72. The van der Waals surface area contributed by atoms with E-state index in [0.29, 0.717) is 0 Å². The maximum absolute atomic E-state index is 11.5. The van der Waals surface area contributed by atoms with E-state index in [0.717, 1.165) is 18.4 Å². The van der Waals surface area contributed by atoms with Crippen LogP contribution in [0.1, 0.15) is 36.2 Å². The summed E-state index contributed by atoms with van der Waals surface area (Å²) in [5, 5.41) is -0.417.